The van der Waals surface area contributed by atoms with Crippen LogP contribution in [0.25, 0.3) is 0 Å². The van der Waals surface area contributed by atoms with Gasteiger partial charge in [0.25, 0.3) is 0 Å². The van der Waals surface area contributed by atoms with Gasteiger partial charge in [-0.05, 0) is 61.2 Å². The molecule has 2 N–H and O–H groups in total. The zero-order valence-corrected chi connectivity index (χ0v) is 16.3. The highest BCUT2D eigenvalue weighted by Crippen LogP contribution is 2.24. The van der Waals surface area contributed by atoms with Crippen molar-refractivity contribution in [3.05, 3.63) is 53.6 Å². The third-order valence-corrected chi connectivity index (χ3v) is 4.96. The number of hydrogen-bond acceptors (Lipinski definition) is 3. The second-order valence-electron chi connectivity index (χ2n) is 6.90. The number of rotatable bonds is 6. The summed E-state index contributed by atoms with van der Waals surface area (Å²) in [4.78, 5) is 14.4. The number of benzene rings is 2. The van der Waals surface area contributed by atoms with Gasteiger partial charge in [-0.2, -0.15) is 0 Å². The summed E-state index contributed by atoms with van der Waals surface area (Å²) in [5, 5.41) is 6.25. The van der Waals surface area contributed by atoms with Crippen LogP contribution in [0, 0.1) is 5.92 Å². The minimum Gasteiger partial charge on any atom is -0.492 e. The van der Waals surface area contributed by atoms with E-state index in [2.05, 4.69) is 34.6 Å². The highest BCUT2D eigenvalue weighted by atomic mass is 35.5. The van der Waals surface area contributed by atoms with E-state index < -0.39 is 0 Å². The third kappa shape index (κ3) is 6.07. The highest BCUT2D eigenvalue weighted by Gasteiger charge is 2.15. The lowest BCUT2D eigenvalue weighted by atomic mass is 9.99. The van der Waals surface area contributed by atoms with Crippen LogP contribution in [0.1, 0.15) is 19.8 Å². The maximum Gasteiger partial charge on any atom is 0.319 e. The van der Waals surface area contributed by atoms with Crippen molar-refractivity contribution < 1.29 is 9.53 Å². The topological polar surface area (TPSA) is 53.6 Å². The first-order valence-electron chi connectivity index (χ1n) is 9.38. The van der Waals surface area contributed by atoms with E-state index in [1.54, 1.807) is 12.1 Å². The van der Waals surface area contributed by atoms with Gasteiger partial charge in [0.2, 0.25) is 0 Å². The van der Waals surface area contributed by atoms with Gasteiger partial charge in [-0.15, -0.1) is 0 Å². The van der Waals surface area contributed by atoms with Crippen molar-refractivity contribution in [1.29, 1.82) is 0 Å². The Labute approximate surface area is 165 Å². The van der Waals surface area contributed by atoms with E-state index in [1.807, 2.05) is 24.3 Å². The summed E-state index contributed by atoms with van der Waals surface area (Å²) >= 11 is 5.90. The van der Waals surface area contributed by atoms with Gasteiger partial charge in [0, 0.05) is 29.5 Å². The number of ether oxygens (including phenoxy) is 1. The van der Waals surface area contributed by atoms with Crippen molar-refractivity contribution in [1.82, 2.24) is 5.32 Å². The SMILES string of the molecule is CC1CCN(c2ccc(NC(=O)NCCOc3cccc(Cl)c3)cc2)CC1. The molecule has 5 nitrogen and oxygen atoms in total. The van der Waals surface area contributed by atoms with Crippen molar-refractivity contribution >= 4 is 29.0 Å². The Kier molecular flexibility index (Phi) is 6.82. The summed E-state index contributed by atoms with van der Waals surface area (Å²) < 4.78 is 5.55. The predicted octanol–water partition coefficient (Wildman–Crippen LogP) is 4.78. The molecule has 0 aliphatic carbocycles. The summed E-state index contributed by atoms with van der Waals surface area (Å²) in [7, 11) is 0. The zero-order valence-electron chi connectivity index (χ0n) is 15.6. The molecule has 2 aromatic rings. The van der Waals surface area contributed by atoms with Gasteiger partial charge < -0.3 is 20.3 Å². The fourth-order valence-corrected chi connectivity index (χ4v) is 3.27. The standard InChI is InChI=1S/C21H26ClN3O2/c1-16-9-12-25(13-10-16)19-7-5-18(6-8-19)24-21(26)23-11-14-27-20-4-2-3-17(22)15-20/h2-8,15-16H,9-14H2,1H3,(H2,23,24,26). The molecule has 0 saturated carbocycles. The van der Waals surface area contributed by atoms with Crippen molar-refractivity contribution in [2.24, 2.45) is 5.92 Å². The van der Waals surface area contributed by atoms with Gasteiger partial charge >= 0.3 is 6.03 Å². The van der Waals surface area contributed by atoms with Gasteiger partial charge in [0.15, 0.2) is 0 Å². The molecule has 2 aromatic carbocycles. The molecule has 1 aliphatic rings. The van der Waals surface area contributed by atoms with Crippen LogP contribution < -0.4 is 20.3 Å². The van der Waals surface area contributed by atoms with Crippen LogP contribution in [0.15, 0.2) is 48.5 Å². The largest absolute Gasteiger partial charge is 0.492 e. The molecule has 27 heavy (non-hydrogen) atoms. The molecule has 1 heterocycles. The zero-order chi connectivity index (χ0) is 19.1. The number of nitrogens with one attached hydrogen (secondary N) is 2. The average molecular weight is 388 g/mol. The summed E-state index contributed by atoms with van der Waals surface area (Å²) in [6.07, 6.45) is 2.47. The van der Waals surface area contributed by atoms with Gasteiger partial charge in [0.05, 0.1) is 6.54 Å². The van der Waals surface area contributed by atoms with E-state index in [4.69, 9.17) is 16.3 Å². The molecular formula is C21H26ClN3O2. The monoisotopic (exact) mass is 387 g/mol. The number of piperidine rings is 1. The summed E-state index contributed by atoms with van der Waals surface area (Å²) in [5.41, 5.74) is 1.99. The number of halogens is 1. The second-order valence-corrected chi connectivity index (χ2v) is 7.34. The average Bonchev–Trinajstić information content (AvgIpc) is 2.67. The van der Waals surface area contributed by atoms with Gasteiger partial charge in [-0.3, -0.25) is 0 Å². The molecule has 6 heteroatoms. The Morgan fingerprint density at radius 1 is 1.19 bits per heavy atom. The van der Waals surface area contributed by atoms with E-state index in [0.29, 0.717) is 23.9 Å². The maximum absolute atomic E-state index is 12.0. The Bertz CT molecular complexity index is 743. The third-order valence-electron chi connectivity index (χ3n) is 4.73. The second kappa shape index (κ2) is 9.51. The van der Waals surface area contributed by atoms with E-state index >= 15 is 0 Å². The lowest BCUT2D eigenvalue weighted by molar-refractivity contribution is 0.247. The molecule has 144 valence electrons. The van der Waals surface area contributed by atoms with Crippen LogP contribution in [-0.4, -0.2) is 32.3 Å². The molecule has 2 amide bonds. The quantitative estimate of drug-likeness (QED) is 0.701. The number of nitrogens with zero attached hydrogens (tertiary/aromatic N) is 1. The Morgan fingerprint density at radius 2 is 1.93 bits per heavy atom. The summed E-state index contributed by atoms with van der Waals surface area (Å²) in [5.74, 6) is 1.50. The molecule has 0 atom stereocenters. The minimum absolute atomic E-state index is 0.246. The Morgan fingerprint density at radius 3 is 2.63 bits per heavy atom. The fraction of sp³-hybridized carbons (Fsp3) is 0.381. The first-order valence-corrected chi connectivity index (χ1v) is 9.76. The van der Waals surface area contributed by atoms with E-state index in [-0.39, 0.29) is 6.03 Å². The normalized spacial score (nSPS) is 14.7. The first-order chi connectivity index (χ1) is 13.1. The molecule has 1 fully saturated rings. The van der Waals surface area contributed by atoms with Crippen LogP contribution in [0.2, 0.25) is 5.02 Å². The Hall–Kier alpha value is -2.40. The van der Waals surface area contributed by atoms with Crippen molar-refractivity contribution in [3.8, 4) is 5.75 Å². The molecular weight excluding hydrogens is 362 g/mol. The van der Waals surface area contributed by atoms with Gasteiger partial charge in [-0.25, -0.2) is 4.79 Å². The molecule has 3 rings (SSSR count). The molecule has 0 bridgehead atoms. The number of hydrogen-bond donors (Lipinski definition) is 2. The number of anilines is 2. The lowest BCUT2D eigenvalue weighted by Crippen LogP contribution is -2.33. The minimum atomic E-state index is -0.246. The number of carbonyl (C=O) groups is 1. The molecule has 0 spiro atoms. The summed E-state index contributed by atoms with van der Waals surface area (Å²) in [6, 6.07) is 14.9. The molecule has 0 radical (unpaired) electrons. The van der Waals surface area contributed by atoms with E-state index in [0.717, 1.165) is 24.7 Å². The lowest BCUT2D eigenvalue weighted by Gasteiger charge is -2.32. The molecule has 0 aromatic heterocycles. The van der Waals surface area contributed by atoms with Crippen LogP contribution >= 0.6 is 11.6 Å². The van der Waals surface area contributed by atoms with Crippen molar-refractivity contribution in [2.75, 3.05) is 36.5 Å². The molecule has 1 saturated heterocycles. The van der Waals surface area contributed by atoms with Gasteiger partial charge in [-0.1, -0.05) is 24.6 Å². The van der Waals surface area contributed by atoms with Crippen LogP contribution in [-0.2, 0) is 0 Å². The highest BCUT2D eigenvalue weighted by molar-refractivity contribution is 6.30. The maximum atomic E-state index is 12.0. The number of urea groups is 1. The van der Waals surface area contributed by atoms with Crippen LogP contribution in [0.4, 0.5) is 16.2 Å². The van der Waals surface area contributed by atoms with Crippen molar-refractivity contribution in [3.63, 3.8) is 0 Å². The van der Waals surface area contributed by atoms with Gasteiger partial charge in [0.1, 0.15) is 12.4 Å². The van der Waals surface area contributed by atoms with Crippen LogP contribution in [0.3, 0.4) is 0 Å². The number of amides is 2. The molecule has 1 aliphatic heterocycles. The first kappa shape index (κ1) is 19.4. The Balaban J connectivity index is 1.39. The molecule has 0 unspecified atom stereocenters. The van der Waals surface area contributed by atoms with Crippen molar-refractivity contribution in [2.45, 2.75) is 19.8 Å². The van der Waals surface area contributed by atoms with Crippen LogP contribution in [0.5, 0.6) is 5.75 Å². The summed E-state index contributed by atoms with van der Waals surface area (Å²) in [6.45, 7) is 5.29. The van der Waals surface area contributed by atoms with E-state index in [9.17, 15) is 4.79 Å². The fourth-order valence-electron chi connectivity index (χ4n) is 3.09. The predicted molar refractivity (Wildman–Crippen MR) is 111 cm³/mol. The number of carbonyl (C=O) groups excluding carboxylic acids is 1. The van der Waals surface area contributed by atoms with E-state index in [1.165, 1.54) is 18.5 Å². The smallest absolute Gasteiger partial charge is 0.319 e.